The van der Waals surface area contributed by atoms with Crippen LogP contribution >= 0.6 is 0 Å². The van der Waals surface area contributed by atoms with Gasteiger partial charge in [0.1, 0.15) is 6.20 Å². The van der Waals surface area contributed by atoms with Crippen molar-refractivity contribution in [1.29, 1.82) is 0 Å². The maximum absolute atomic E-state index is 11.4. The number of carbonyl (C=O) groups is 2. The van der Waals surface area contributed by atoms with E-state index in [1.54, 1.807) is 24.3 Å². The predicted molar refractivity (Wildman–Crippen MR) is 75.8 cm³/mol. The molecule has 1 heterocycles. The first-order valence-corrected chi connectivity index (χ1v) is 6.32. The third-order valence-corrected chi connectivity index (χ3v) is 2.99. The molecule has 0 radical (unpaired) electrons. The van der Waals surface area contributed by atoms with Crippen LogP contribution in [0.15, 0.2) is 30.5 Å². The summed E-state index contributed by atoms with van der Waals surface area (Å²) in [6.45, 7) is 1.47. The van der Waals surface area contributed by atoms with Crippen molar-refractivity contribution in [3.8, 4) is 0 Å². The van der Waals surface area contributed by atoms with Gasteiger partial charge in [-0.15, -0.1) is 0 Å². The van der Waals surface area contributed by atoms with Crippen LogP contribution in [-0.2, 0) is 11.3 Å². The molecule has 0 saturated heterocycles. The van der Waals surface area contributed by atoms with E-state index < -0.39 is 16.7 Å². The highest BCUT2D eigenvalue weighted by Gasteiger charge is 2.22. The molecule has 1 aromatic carbocycles. The summed E-state index contributed by atoms with van der Waals surface area (Å²) in [5, 5.41) is 14.8. The number of nitro groups is 1. The summed E-state index contributed by atoms with van der Waals surface area (Å²) in [6, 6.07) is 6.55. The second kappa shape index (κ2) is 6.17. The van der Waals surface area contributed by atoms with E-state index in [0.29, 0.717) is 5.56 Å². The molecular weight excluding hydrogens is 290 g/mol. The molecule has 0 unspecified atom stereocenters. The van der Waals surface area contributed by atoms with Crippen molar-refractivity contribution in [2.45, 2.75) is 13.5 Å². The van der Waals surface area contributed by atoms with Gasteiger partial charge in [-0.3, -0.25) is 19.6 Å². The number of ether oxygens (including phenoxy) is 1. The molecule has 0 aliphatic carbocycles. The molecule has 0 aliphatic rings. The van der Waals surface area contributed by atoms with Crippen LogP contribution in [0.4, 0.5) is 5.69 Å². The first kappa shape index (κ1) is 15.4. The van der Waals surface area contributed by atoms with E-state index in [9.17, 15) is 19.7 Å². The number of rotatable bonds is 5. The van der Waals surface area contributed by atoms with Crippen LogP contribution in [0.3, 0.4) is 0 Å². The van der Waals surface area contributed by atoms with E-state index in [-0.39, 0.29) is 17.9 Å². The van der Waals surface area contributed by atoms with Crippen molar-refractivity contribution in [2.75, 3.05) is 7.11 Å². The quantitative estimate of drug-likeness (QED) is 0.361. The highest BCUT2D eigenvalue weighted by molar-refractivity contribution is 5.95. The molecular formula is C14H13N3O5. The average Bonchev–Trinajstić information content (AvgIpc) is 2.91. The minimum atomic E-state index is -0.638. The Morgan fingerprint density at radius 2 is 1.95 bits per heavy atom. The standard InChI is InChI=1S/C14H13N3O5/c1-9(18)13-12(17(20)21)8-16(15-13)7-10-3-5-11(6-4-10)14(19)22-2/h3-6,8H,7H2,1-2H3. The number of aromatic nitrogens is 2. The van der Waals surface area contributed by atoms with Gasteiger partial charge in [0.15, 0.2) is 5.78 Å². The van der Waals surface area contributed by atoms with Crippen LogP contribution in [0.1, 0.15) is 33.3 Å². The third kappa shape index (κ3) is 3.17. The molecule has 1 aromatic heterocycles. The summed E-state index contributed by atoms with van der Waals surface area (Å²) in [7, 11) is 1.29. The molecule has 0 amide bonds. The van der Waals surface area contributed by atoms with Crippen molar-refractivity contribution in [3.63, 3.8) is 0 Å². The largest absolute Gasteiger partial charge is 0.465 e. The van der Waals surface area contributed by atoms with Crippen LogP contribution in [0.25, 0.3) is 0 Å². The topological polar surface area (TPSA) is 104 Å². The number of Topliss-reactive ketones (excluding diaryl/α,β-unsaturated/α-hetero) is 1. The summed E-state index contributed by atoms with van der Waals surface area (Å²) in [4.78, 5) is 32.9. The van der Waals surface area contributed by atoms with E-state index in [1.165, 1.54) is 24.9 Å². The van der Waals surface area contributed by atoms with E-state index in [1.807, 2.05) is 0 Å². The first-order valence-electron chi connectivity index (χ1n) is 6.32. The lowest BCUT2D eigenvalue weighted by Crippen LogP contribution is -2.04. The van der Waals surface area contributed by atoms with Crippen LogP contribution in [0.5, 0.6) is 0 Å². The van der Waals surface area contributed by atoms with Gasteiger partial charge in [-0.2, -0.15) is 5.10 Å². The molecule has 0 bridgehead atoms. The maximum Gasteiger partial charge on any atom is 0.337 e. The van der Waals surface area contributed by atoms with Crippen LogP contribution in [-0.4, -0.2) is 33.6 Å². The average molecular weight is 303 g/mol. The predicted octanol–water partition coefficient (Wildman–Crippen LogP) is 1.83. The molecule has 0 saturated carbocycles. The number of carbonyl (C=O) groups excluding carboxylic acids is 2. The Hall–Kier alpha value is -3.03. The fraction of sp³-hybridized carbons (Fsp3) is 0.214. The smallest absolute Gasteiger partial charge is 0.337 e. The van der Waals surface area contributed by atoms with Gasteiger partial charge in [-0.1, -0.05) is 12.1 Å². The number of hydrogen-bond donors (Lipinski definition) is 0. The van der Waals surface area contributed by atoms with Crippen LogP contribution in [0.2, 0.25) is 0 Å². The molecule has 0 atom stereocenters. The van der Waals surface area contributed by atoms with E-state index in [0.717, 1.165) is 5.56 Å². The zero-order valence-corrected chi connectivity index (χ0v) is 12.0. The van der Waals surface area contributed by atoms with Crippen molar-refractivity contribution in [2.24, 2.45) is 0 Å². The van der Waals surface area contributed by atoms with E-state index in [2.05, 4.69) is 9.84 Å². The Balaban J connectivity index is 2.24. The molecule has 2 rings (SSSR count). The minimum Gasteiger partial charge on any atom is -0.465 e. The van der Waals surface area contributed by atoms with Crippen molar-refractivity contribution in [3.05, 3.63) is 57.4 Å². The highest BCUT2D eigenvalue weighted by atomic mass is 16.6. The van der Waals surface area contributed by atoms with Gasteiger partial charge < -0.3 is 4.74 Å². The molecule has 0 aliphatic heterocycles. The van der Waals surface area contributed by atoms with Crippen molar-refractivity contribution >= 4 is 17.4 Å². The van der Waals surface area contributed by atoms with Gasteiger partial charge in [0.2, 0.25) is 5.69 Å². The Morgan fingerprint density at radius 1 is 1.32 bits per heavy atom. The zero-order chi connectivity index (χ0) is 16.3. The number of esters is 1. The van der Waals surface area contributed by atoms with E-state index >= 15 is 0 Å². The summed E-state index contributed by atoms with van der Waals surface area (Å²) in [5.41, 5.74) is 0.692. The van der Waals surface area contributed by atoms with E-state index in [4.69, 9.17) is 0 Å². The highest BCUT2D eigenvalue weighted by Crippen LogP contribution is 2.18. The Labute approximate surface area is 125 Å². The van der Waals surface area contributed by atoms with Crippen molar-refractivity contribution in [1.82, 2.24) is 9.78 Å². The number of methoxy groups -OCH3 is 1. The molecule has 0 fully saturated rings. The summed E-state index contributed by atoms with van der Waals surface area (Å²) < 4.78 is 5.92. The Bertz CT molecular complexity index is 702. The second-order valence-corrected chi connectivity index (χ2v) is 4.56. The molecule has 2 aromatic rings. The number of ketones is 1. The molecule has 0 spiro atoms. The minimum absolute atomic E-state index is 0.170. The molecule has 114 valence electrons. The fourth-order valence-electron chi connectivity index (χ4n) is 1.93. The van der Waals surface area contributed by atoms with Gasteiger partial charge in [0.25, 0.3) is 0 Å². The molecule has 8 heteroatoms. The second-order valence-electron chi connectivity index (χ2n) is 4.56. The summed E-state index contributed by atoms with van der Waals surface area (Å²) in [5.74, 6) is -0.911. The number of nitrogens with zero attached hydrogens (tertiary/aromatic N) is 3. The molecule has 0 N–H and O–H groups in total. The van der Waals surface area contributed by atoms with Gasteiger partial charge in [0, 0.05) is 6.92 Å². The first-order chi connectivity index (χ1) is 10.4. The Kier molecular flexibility index (Phi) is 4.31. The lowest BCUT2D eigenvalue weighted by molar-refractivity contribution is -0.385. The molecule has 22 heavy (non-hydrogen) atoms. The summed E-state index contributed by atoms with van der Waals surface area (Å²) in [6.07, 6.45) is 1.21. The SMILES string of the molecule is COC(=O)c1ccc(Cn2cc([N+](=O)[O-])c(C(C)=O)n2)cc1. The summed E-state index contributed by atoms with van der Waals surface area (Å²) >= 11 is 0. The van der Waals surface area contributed by atoms with Crippen LogP contribution in [0, 0.1) is 10.1 Å². The monoisotopic (exact) mass is 303 g/mol. The van der Waals surface area contributed by atoms with Crippen LogP contribution < -0.4 is 0 Å². The van der Waals surface area contributed by atoms with Gasteiger partial charge in [-0.25, -0.2) is 4.79 Å². The fourth-order valence-corrected chi connectivity index (χ4v) is 1.93. The number of hydrogen-bond acceptors (Lipinski definition) is 6. The normalized spacial score (nSPS) is 10.3. The lowest BCUT2D eigenvalue weighted by Gasteiger charge is -2.03. The maximum atomic E-state index is 11.4. The zero-order valence-electron chi connectivity index (χ0n) is 12.0. The number of benzene rings is 1. The molecule has 8 nitrogen and oxygen atoms in total. The lowest BCUT2D eigenvalue weighted by atomic mass is 10.1. The van der Waals surface area contributed by atoms with Crippen molar-refractivity contribution < 1.29 is 19.2 Å². The third-order valence-electron chi connectivity index (χ3n) is 2.99. The van der Waals surface area contributed by atoms with Gasteiger partial charge in [0.05, 0.1) is 24.1 Å². The van der Waals surface area contributed by atoms with Gasteiger partial charge >= 0.3 is 11.7 Å². The Morgan fingerprint density at radius 3 is 2.41 bits per heavy atom. The van der Waals surface area contributed by atoms with Gasteiger partial charge in [-0.05, 0) is 17.7 Å².